The van der Waals surface area contributed by atoms with Gasteiger partial charge in [-0.15, -0.1) is 0 Å². The van der Waals surface area contributed by atoms with Gasteiger partial charge in [-0.25, -0.2) is 0 Å². The first-order chi connectivity index (χ1) is 12.4. The van der Waals surface area contributed by atoms with Crippen LogP contribution >= 0.6 is 0 Å². The van der Waals surface area contributed by atoms with Gasteiger partial charge in [0.25, 0.3) is 5.91 Å². The molecule has 1 aromatic carbocycles. The maximum Gasteiger partial charge on any atom is 0.290 e. The number of hydrogen-bond donors (Lipinski definition) is 1. The SMILES string of the molecule is CCN(CC)CCCN1C(=O)C(O)=C(C(C)=O)[C@@H]1c1cccc(OC)c1. The van der Waals surface area contributed by atoms with Crippen LogP contribution in [0.5, 0.6) is 5.75 Å². The Balaban J connectivity index is 2.30. The summed E-state index contributed by atoms with van der Waals surface area (Å²) in [4.78, 5) is 28.6. The van der Waals surface area contributed by atoms with Crippen LogP contribution in [0.25, 0.3) is 0 Å². The van der Waals surface area contributed by atoms with E-state index in [0.717, 1.165) is 31.6 Å². The predicted octanol–water partition coefficient (Wildman–Crippen LogP) is 2.71. The molecule has 1 amide bonds. The largest absolute Gasteiger partial charge is 0.503 e. The van der Waals surface area contributed by atoms with Gasteiger partial charge in [0.05, 0.1) is 18.7 Å². The smallest absolute Gasteiger partial charge is 0.290 e. The van der Waals surface area contributed by atoms with Gasteiger partial charge >= 0.3 is 0 Å². The number of methoxy groups -OCH3 is 1. The number of benzene rings is 1. The summed E-state index contributed by atoms with van der Waals surface area (Å²) < 4.78 is 5.27. The summed E-state index contributed by atoms with van der Waals surface area (Å²) in [5, 5.41) is 10.3. The minimum Gasteiger partial charge on any atom is -0.503 e. The van der Waals surface area contributed by atoms with Crippen molar-refractivity contribution in [3.63, 3.8) is 0 Å². The van der Waals surface area contributed by atoms with E-state index in [9.17, 15) is 14.7 Å². The van der Waals surface area contributed by atoms with Crippen LogP contribution in [-0.4, -0.2) is 59.9 Å². The molecule has 0 unspecified atom stereocenters. The molecule has 1 atom stereocenters. The fourth-order valence-electron chi connectivity index (χ4n) is 3.41. The Morgan fingerprint density at radius 1 is 1.31 bits per heavy atom. The zero-order valence-electron chi connectivity index (χ0n) is 16.0. The van der Waals surface area contributed by atoms with Gasteiger partial charge < -0.3 is 19.6 Å². The van der Waals surface area contributed by atoms with E-state index in [0.29, 0.717) is 12.3 Å². The molecule has 26 heavy (non-hydrogen) atoms. The second kappa shape index (κ2) is 8.85. The van der Waals surface area contributed by atoms with Crippen molar-refractivity contribution in [1.29, 1.82) is 0 Å². The number of hydrogen-bond acceptors (Lipinski definition) is 5. The highest BCUT2D eigenvalue weighted by molar-refractivity contribution is 6.08. The number of nitrogens with zero attached hydrogens (tertiary/aromatic N) is 2. The van der Waals surface area contributed by atoms with E-state index in [-0.39, 0.29) is 11.4 Å². The van der Waals surface area contributed by atoms with Gasteiger partial charge in [-0.05, 0) is 50.7 Å². The number of carbonyl (C=O) groups excluding carboxylic acids is 2. The van der Waals surface area contributed by atoms with Crippen LogP contribution in [-0.2, 0) is 9.59 Å². The number of rotatable bonds is 9. The van der Waals surface area contributed by atoms with Gasteiger partial charge in [0.1, 0.15) is 5.75 Å². The minimum absolute atomic E-state index is 0.158. The number of aliphatic hydroxyl groups is 1. The highest BCUT2D eigenvalue weighted by atomic mass is 16.5. The van der Waals surface area contributed by atoms with Crippen molar-refractivity contribution >= 4 is 11.7 Å². The van der Waals surface area contributed by atoms with Gasteiger partial charge in [0.15, 0.2) is 11.5 Å². The molecule has 1 aliphatic rings. The Bertz CT molecular complexity index is 695. The Kier molecular flexibility index (Phi) is 6.80. The monoisotopic (exact) mass is 360 g/mol. The molecule has 6 nitrogen and oxygen atoms in total. The summed E-state index contributed by atoms with van der Waals surface area (Å²) in [6.45, 7) is 8.81. The van der Waals surface area contributed by atoms with Crippen molar-refractivity contribution in [1.82, 2.24) is 9.80 Å². The number of aliphatic hydroxyl groups excluding tert-OH is 1. The first kappa shape index (κ1) is 20.0. The summed E-state index contributed by atoms with van der Waals surface area (Å²) in [6, 6.07) is 6.70. The molecular formula is C20H28N2O4. The van der Waals surface area contributed by atoms with Crippen LogP contribution in [0.4, 0.5) is 0 Å². The van der Waals surface area contributed by atoms with Gasteiger partial charge in [0.2, 0.25) is 0 Å². The highest BCUT2D eigenvalue weighted by Gasteiger charge is 2.42. The van der Waals surface area contributed by atoms with E-state index >= 15 is 0 Å². The summed E-state index contributed by atoms with van der Waals surface area (Å²) in [5.41, 5.74) is 0.917. The van der Waals surface area contributed by atoms with Crippen LogP contribution in [0.2, 0.25) is 0 Å². The topological polar surface area (TPSA) is 70.1 Å². The van der Waals surface area contributed by atoms with E-state index in [1.807, 2.05) is 18.2 Å². The summed E-state index contributed by atoms with van der Waals surface area (Å²) >= 11 is 0. The summed E-state index contributed by atoms with van der Waals surface area (Å²) in [7, 11) is 1.57. The molecule has 2 rings (SSSR count). The van der Waals surface area contributed by atoms with E-state index in [4.69, 9.17) is 4.74 Å². The quantitative estimate of drug-likeness (QED) is 0.733. The van der Waals surface area contributed by atoms with Crippen molar-refractivity contribution in [2.24, 2.45) is 0 Å². The molecule has 1 heterocycles. The Hall–Kier alpha value is -2.34. The lowest BCUT2D eigenvalue weighted by atomic mass is 9.96. The van der Waals surface area contributed by atoms with Crippen molar-refractivity contribution in [3.05, 3.63) is 41.2 Å². The molecule has 0 fully saturated rings. The molecule has 0 saturated carbocycles. The molecule has 1 N–H and O–H groups in total. The zero-order chi connectivity index (χ0) is 19.3. The van der Waals surface area contributed by atoms with Crippen LogP contribution in [0, 0.1) is 0 Å². The number of carbonyl (C=O) groups is 2. The fraction of sp³-hybridized carbons (Fsp3) is 0.500. The number of ketones is 1. The van der Waals surface area contributed by atoms with Crippen molar-refractivity contribution < 1.29 is 19.4 Å². The van der Waals surface area contributed by atoms with Crippen LogP contribution < -0.4 is 4.74 Å². The molecule has 0 radical (unpaired) electrons. The molecular weight excluding hydrogens is 332 g/mol. The highest BCUT2D eigenvalue weighted by Crippen LogP contribution is 2.38. The Morgan fingerprint density at radius 3 is 2.58 bits per heavy atom. The van der Waals surface area contributed by atoms with Gasteiger partial charge in [0, 0.05) is 6.54 Å². The summed E-state index contributed by atoms with van der Waals surface area (Å²) in [5.74, 6) is -0.571. The summed E-state index contributed by atoms with van der Waals surface area (Å²) in [6.07, 6.45) is 0.770. The molecule has 0 spiro atoms. The zero-order valence-corrected chi connectivity index (χ0v) is 16.0. The lowest BCUT2D eigenvalue weighted by Crippen LogP contribution is -2.34. The van der Waals surface area contributed by atoms with Gasteiger partial charge in [-0.1, -0.05) is 26.0 Å². The average Bonchev–Trinajstić information content (AvgIpc) is 2.90. The third-order valence-corrected chi connectivity index (χ3v) is 4.86. The molecule has 0 aromatic heterocycles. The second-order valence-electron chi connectivity index (χ2n) is 6.38. The van der Waals surface area contributed by atoms with Gasteiger partial charge in [-0.2, -0.15) is 0 Å². The number of ether oxygens (including phenoxy) is 1. The van der Waals surface area contributed by atoms with Gasteiger partial charge in [-0.3, -0.25) is 9.59 Å². The van der Waals surface area contributed by atoms with Crippen LogP contribution in [0.15, 0.2) is 35.6 Å². The Morgan fingerprint density at radius 2 is 2.00 bits per heavy atom. The first-order valence-corrected chi connectivity index (χ1v) is 9.05. The third-order valence-electron chi connectivity index (χ3n) is 4.86. The lowest BCUT2D eigenvalue weighted by Gasteiger charge is -2.28. The third kappa shape index (κ3) is 4.07. The number of amides is 1. The maximum absolute atomic E-state index is 12.6. The van der Waals surface area contributed by atoms with Crippen LogP contribution in [0.1, 0.15) is 38.8 Å². The van der Waals surface area contributed by atoms with Crippen molar-refractivity contribution in [2.45, 2.75) is 33.2 Å². The lowest BCUT2D eigenvalue weighted by molar-refractivity contribution is -0.129. The van der Waals surface area contributed by atoms with E-state index < -0.39 is 17.7 Å². The second-order valence-corrected chi connectivity index (χ2v) is 6.38. The fourth-order valence-corrected chi connectivity index (χ4v) is 3.41. The van der Waals surface area contributed by atoms with Crippen LogP contribution in [0.3, 0.4) is 0 Å². The minimum atomic E-state index is -0.577. The molecule has 1 aromatic rings. The standard InChI is InChI=1S/C20H28N2O4/c1-5-21(6-2)11-8-12-22-18(15-9-7-10-16(13-15)26-4)17(14(3)23)19(24)20(22)25/h7,9-10,13,18,24H,5-6,8,11-12H2,1-4H3/t18-/m0/s1. The molecule has 0 saturated heterocycles. The van der Waals surface area contributed by atoms with E-state index in [2.05, 4.69) is 18.7 Å². The van der Waals surface area contributed by atoms with Crippen molar-refractivity contribution in [3.8, 4) is 5.75 Å². The van der Waals surface area contributed by atoms with E-state index in [1.54, 1.807) is 18.1 Å². The predicted molar refractivity (Wildman–Crippen MR) is 100 cm³/mol. The molecule has 1 aliphatic heterocycles. The maximum atomic E-state index is 12.6. The average molecular weight is 360 g/mol. The normalized spacial score (nSPS) is 17.3. The molecule has 0 bridgehead atoms. The molecule has 6 heteroatoms. The Labute approximate surface area is 155 Å². The molecule has 142 valence electrons. The number of Topliss-reactive ketones (excluding diaryl/α,β-unsaturated/α-hetero) is 1. The van der Waals surface area contributed by atoms with E-state index in [1.165, 1.54) is 6.92 Å². The van der Waals surface area contributed by atoms with Crippen molar-refractivity contribution in [2.75, 3.05) is 33.3 Å². The molecule has 0 aliphatic carbocycles. The first-order valence-electron chi connectivity index (χ1n) is 9.05.